The van der Waals surface area contributed by atoms with Gasteiger partial charge in [-0.15, -0.1) is 0 Å². The molecule has 0 unspecified atom stereocenters. The number of benzene rings is 2. The third-order valence-corrected chi connectivity index (χ3v) is 3.98. The molecule has 0 atom stereocenters. The zero-order valence-corrected chi connectivity index (χ0v) is 13.7. The highest BCUT2D eigenvalue weighted by molar-refractivity contribution is 6.12. The van der Waals surface area contributed by atoms with Crippen molar-refractivity contribution in [1.29, 1.82) is 0 Å². The van der Waals surface area contributed by atoms with Crippen molar-refractivity contribution >= 4 is 22.6 Å². The van der Waals surface area contributed by atoms with Gasteiger partial charge >= 0.3 is 0 Å². The second-order valence-corrected chi connectivity index (χ2v) is 5.83. The number of aromatic nitrogens is 3. The second-order valence-electron chi connectivity index (χ2n) is 5.83. The van der Waals surface area contributed by atoms with E-state index in [1.165, 1.54) is 0 Å². The summed E-state index contributed by atoms with van der Waals surface area (Å²) in [4.78, 5) is 17.5. The van der Waals surface area contributed by atoms with Crippen LogP contribution in [0.15, 0.2) is 66.7 Å². The Morgan fingerprint density at radius 3 is 2.52 bits per heavy atom. The molecule has 0 fully saturated rings. The van der Waals surface area contributed by atoms with E-state index in [1.54, 1.807) is 6.07 Å². The summed E-state index contributed by atoms with van der Waals surface area (Å²) in [6.45, 7) is 1.89. The van der Waals surface area contributed by atoms with Gasteiger partial charge in [0.1, 0.15) is 0 Å². The molecule has 122 valence electrons. The summed E-state index contributed by atoms with van der Waals surface area (Å²) in [5, 5.41) is 10.5. The van der Waals surface area contributed by atoms with Gasteiger partial charge in [-0.25, -0.2) is 4.98 Å². The summed E-state index contributed by atoms with van der Waals surface area (Å²) >= 11 is 0. The molecule has 0 saturated heterocycles. The number of rotatable bonds is 3. The van der Waals surface area contributed by atoms with E-state index < -0.39 is 0 Å². The van der Waals surface area contributed by atoms with Gasteiger partial charge in [-0.2, -0.15) is 5.10 Å². The van der Waals surface area contributed by atoms with Gasteiger partial charge in [-0.3, -0.25) is 9.89 Å². The van der Waals surface area contributed by atoms with Crippen molar-refractivity contribution in [3.05, 3.63) is 78.0 Å². The predicted octanol–water partition coefficient (Wildman–Crippen LogP) is 4.19. The van der Waals surface area contributed by atoms with Crippen molar-refractivity contribution < 1.29 is 4.79 Å². The van der Waals surface area contributed by atoms with Crippen LogP contribution in [0, 0.1) is 6.92 Å². The fourth-order valence-corrected chi connectivity index (χ4v) is 2.79. The van der Waals surface area contributed by atoms with Crippen molar-refractivity contribution in [2.45, 2.75) is 6.92 Å². The van der Waals surface area contributed by atoms with E-state index >= 15 is 0 Å². The van der Waals surface area contributed by atoms with Crippen molar-refractivity contribution in [1.82, 2.24) is 15.2 Å². The minimum absolute atomic E-state index is 0.206. The largest absolute Gasteiger partial charge is 0.305 e. The average Bonchev–Trinajstić information content (AvgIpc) is 3.06. The summed E-state index contributed by atoms with van der Waals surface area (Å²) in [6.07, 6.45) is 0. The summed E-state index contributed by atoms with van der Waals surface area (Å²) in [5.41, 5.74) is 3.98. The number of hydrogen-bond acceptors (Lipinski definition) is 3. The average molecular weight is 328 g/mol. The monoisotopic (exact) mass is 328 g/mol. The molecule has 0 bridgehead atoms. The number of anilines is 1. The molecular formula is C20H16N4O. The number of carbonyl (C=O) groups is 1. The molecule has 0 saturated carbocycles. The van der Waals surface area contributed by atoms with Crippen LogP contribution in [0.5, 0.6) is 0 Å². The molecule has 2 N–H and O–H groups in total. The van der Waals surface area contributed by atoms with E-state index in [4.69, 9.17) is 4.98 Å². The number of aromatic amines is 1. The minimum Gasteiger partial charge on any atom is -0.305 e. The molecule has 0 aliphatic carbocycles. The van der Waals surface area contributed by atoms with Crippen LogP contribution in [0.2, 0.25) is 0 Å². The van der Waals surface area contributed by atoms with Gasteiger partial charge in [-0.1, -0.05) is 48.5 Å². The van der Waals surface area contributed by atoms with Gasteiger partial charge in [0.05, 0.1) is 16.8 Å². The van der Waals surface area contributed by atoms with E-state index in [9.17, 15) is 4.79 Å². The SMILES string of the molecule is Cc1cc(NC(=O)c2cc(-c3ccccc3)nc3ccccc23)n[nH]1. The molecule has 0 aliphatic heterocycles. The molecule has 25 heavy (non-hydrogen) atoms. The third kappa shape index (κ3) is 2.99. The normalized spacial score (nSPS) is 10.8. The fraction of sp³-hybridized carbons (Fsp3) is 0.0500. The summed E-state index contributed by atoms with van der Waals surface area (Å²) in [5.74, 6) is 0.298. The van der Waals surface area contributed by atoms with Crippen LogP contribution >= 0.6 is 0 Å². The van der Waals surface area contributed by atoms with Crippen LogP contribution in [0.1, 0.15) is 16.1 Å². The van der Waals surface area contributed by atoms with E-state index in [0.717, 1.165) is 27.9 Å². The van der Waals surface area contributed by atoms with Gasteiger partial charge in [0.25, 0.3) is 5.91 Å². The summed E-state index contributed by atoms with van der Waals surface area (Å²) < 4.78 is 0. The first-order chi connectivity index (χ1) is 12.2. The Kier molecular flexibility index (Phi) is 3.74. The number of para-hydroxylation sites is 1. The number of hydrogen-bond donors (Lipinski definition) is 2. The zero-order valence-electron chi connectivity index (χ0n) is 13.7. The van der Waals surface area contributed by atoms with Gasteiger partial charge < -0.3 is 5.32 Å². The quantitative estimate of drug-likeness (QED) is 0.592. The lowest BCUT2D eigenvalue weighted by atomic mass is 10.0. The lowest BCUT2D eigenvalue weighted by Gasteiger charge is -2.09. The van der Waals surface area contributed by atoms with E-state index in [1.807, 2.05) is 67.6 Å². The van der Waals surface area contributed by atoms with Gasteiger partial charge in [0.15, 0.2) is 5.82 Å². The maximum atomic E-state index is 12.8. The van der Waals surface area contributed by atoms with Gasteiger partial charge in [-0.05, 0) is 19.1 Å². The number of carbonyl (C=O) groups excluding carboxylic acids is 1. The Balaban J connectivity index is 1.82. The maximum absolute atomic E-state index is 12.8. The first-order valence-corrected chi connectivity index (χ1v) is 7.99. The standard InChI is InChI=1S/C20H16N4O/c1-13-11-19(24-23-13)22-20(25)16-12-18(14-7-3-2-4-8-14)21-17-10-6-5-9-15(16)17/h2-12H,1H3,(H2,22,23,24,25). The Labute approximate surface area is 144 Å². The lowest BCUT2D eigenvalue weighted by Crippen LogP contribution is -2.13. The third-order valence-electron chi connectivity index (χ3n) is 3.98. The van der Waals surface area contributed by atoms with E-state index in [0.29, 0.717) is 11.4 Å². The first-order valence-electron chi connectivity index (χ1n) is 7.99. The first kappa shape index (κ1) is 15.1. The maximum Gasteiger partial charge on any atom is 0.257 e. The van der Waals surface area contributed by atoms with Crippen LogP contribution < -0.4 is 5.32 Å². The number of aryl methyl sites for hydroxylation is 1. The number of nitrogens with one attached hydrogen (secondary N) is 2. The molecule has 4 aromatic rings. The molecule has 5 heteroatoms. The molecule has 4 rings (SSSR count). The fourth-order valence-electron chi connectivity index (χ4n) is 2.79. The molecule has 0 aliphatic rings. The molecule has 2 aromatic heterocycles. The van der Waals surface area contributed by atoms with Crippen molar-refractivity contribution in [3.63, 3.8) is 0 Å². The Hall–Kier alpha value is -3.47. The number of fused-ring (bicyclic) bond motifs is 1. The summed E-state index contributed by atoms with van der Waals surface area (Å²) in [6, 6.07) is 21.1. The van der Waals surface area contributed by atoms with Gasteiger partial charge in [0.2, 0.25) is 0 Å². The Bertz CT molecular complexity index is 1050. The highest BCUT2D eigenvalue weighted by Gasteiger charge is 2.15. The van der Waals surface area contributed by atoms with Crippen LogP contribution in [0.4, 0.5) is 5.82 Å². The predicted molar refractivity (Wildman–Crippen MR) is 98.5 cm³/mol. The molecule has 2 heterocycles. The molecule has 5 nitrogen and oxygen atoms in total. The topological polar surface area (TPSA) is 70.7 Å². The van der Waals surface area contributed by atoms with Crippen LogP contribution in [-0.2, 0) is 0 Å². The minimum atomic E-state index is -0.206. The molecule has 1 amide bonds. The number of pyridine rings is 1. The Morgan fingerprint density at radius 1 is 1.00 bits per heavy atom. The molecule has 0 spiro atoms. The highest BCUT2D eigenvalue weighted by Crippen LogP contribution is 2.25. The molecular weight excluding hydrogens is 312 g/mol. The lowest BCUT2D eigenvalue weighted by molar-refractivity contribution is 0.102. The molecule has 2 aromatic carbocycles. The van der Waals surface area contributed by atoms with Crippen molar-refractivity contribution in [2.24, 2.45) is 0 Å². The number of amides is 1. The van der Waals surface area contributed by atoms with Crippen molar-refractivity contribution in [2.75, 3.05) is 5.32 Å². The highest BCUT2D eigenvalue weighted by atomic mass is 16.1. The molecule has 0 radical (unpaired) electrons. The van der Waals surface area contributed by atoms with Gasteiger partial charge in [0, 0.05) is 22.7 Å². The number of nitrogens with zero attached hydrogens (tertiary/aromatic N) is 2. The van der Waals surface area contributed by atoms with Crippen LogP contribution in [0.25, 0.3) is 22.2 Å². The van der Waals surface area contributed by atoms with Crippen molar-refractivity contribution in [3.8, 4) is 11.3 Å². The summed E-state index contributed by atoms with van der Waals surface area (Å²) in [7, 11) is 0. The van der Waals surface area contributed by atoms with Crippen LogP contribution in [0.3, 0.4) is 0 Å². The smallest absolute Gasteiger partial charge is 0.257 e. The number of H-pyrrole nitrogens is 1. The Morgan fingerprint density at radius 2 is 1.76 bits per heavy atom. The van der Waals surface area contributed by atoms with E-state index in [2.05, 4.69) is 15.5 Å². The van der Waals surface area contributed by atoms with Crippen LogP contribution in [-0.4, -0.2) is 21.1 Å². The zero-order chi connectivity index (χ0) is 17.2. The second kappa shape index (κ2) is 6.20. The van der Waals surface area contributed by atoms with E-state index in [-0.39, 0.29) is 5.91 Å².